The highest BCUT2D eigenvalue weighted by atomic mass is 16.6. The zero-order valence-electron chi connectivity index (χ0n) is 14.5. The van der Waals surface area contributed by atoms with Gasteiger partial charge in [-0.05, 0) is 49.4 Å². The van der Waals surface area contributed by atoms with Crippen molar-refractivity contribution in [2.24, 2.45) is 39.9 Å². The highest BCUT2D eigenvalue weighted by Gasteiger charge is 2.35. The third-order valence-electron chi connectivity index (χ3n) is 5.35. The summed E-state index contributed by atoms with van der Waals surface area (Å²) < 4.78 is 0. The third-order valence-corrected chi connectivity index (χ3v) is 5.35. The van der Waals surface area contributed by atoms with Crippen molar-refractivity contribution < 1.29 is 10.0 Å². The van der Waals surface area contributed by atoms with Crippen LogP contribution in [0.2, 0.25) is 0 Å². The lowest BCUT2D eigenvalue weighted by molar-refractivity contribution is 0.129. The lowest BCUT2D eigenvalue weighted by atomic mass is 9.73. The molecular weight excluding hydrogens is 276 g/mol. The van der Waals surface area contributed by atoms with Crippen LogP contribution in [-0.4, -0.2) is 23.7 Å². The second-order valence-electron chi connectivity index (χ2n) is 6.81. The van der Waals surface area contributed by atoms with Crippen LogP contribution in [0, 0.1) is 29.6 Å². The Kier molecular flexibility index (Phi) is 8.21. The molecule has 1 fully saturated rings. The van der Waals surface area contributed by atoms with Gasteiger partial charge in [0.25, 0.3) is 0 Å². The number of hydrogen-bond acceptors (Lipinski definition) is 4. The minimum atomic E-state index is 0.544. The van der Waals surface area contributed by atoms with Crippen LogP contribution in [-0.2, 0) is 4.84 Å². The summed E-state index contributed by atoms with van der Waals surface area (Å²) in [7, 11) is 0. The summed E-state index contributed by atoms with van der Waals surface area (Å²) >= 11 is 0. The molecule has 0 aromatic heterocycles. The van der Waals surface area contributed by atoms with E-state index in [0.29, 0.717) is 17.8 Å². The monoisotopic (exact) mass is 308 g/mol. The van der Waals surface area contributed by atoms with Crippen molar-refractivity contribution in [2.75, 3.05) is 6.61 Å². The number of nitrogens with zero attached hydrogens (tertiary/aromatic N) is 2. The Hall–Kier alpha value is -1.32. The van der Waals surface area contributed by atoms with Gasteiger partial charge in [0.05, 0.1) is 5.71 Å². The van der Waals surface area contributed by atoms with Crippen molar-refractivity contribution in [1.82, 2.24) is 0 Å². The Balaban J connectivity index is 0.000000220. The fourth-order valence-electron chi connectivity index (χ4n) is 2.98. The molecule has 1 unspecified atom stereocenters. The first-order chi connectivity index (χ1) is 10.5. The van der Waals surface area contributed by atoms with E-state index in [2.05, 4.69) is 44.6 Å². The van der Waals surface area contributed by atoms with E-state index < -0.39 is 0 Å². The van der Waals surface area contributed by atoms with Crippen molar-refractivity contribution in [3.63, 3.8) is 0 Å². The van der Waals surface area contributed by atoms with Crippen LogP contribution in [0.3, 0.4) is 0 Å². The third kappa shape index (κ3) is 5.47. The molecule has 0 amide bonds. The molecule has 1 heterocycles. The molecular formula is C18H32N2O2. The van der Waals surface area contributed by atoms with Crippen molar-refractivity contribution in [3.05, 3.63) is 12.7 Å². The summed E-state index contributed by atoms with van der Waals surface area (Å²) in [6, 6.07) is 0. The number of rotatable bonds is 5. The molecule has 1 N–H and O–H groups in total. The summed E-state index contributed by atoms with van der Waals surface area (Å²) in [4.78, 5) is 5.10. The molecule has 0 radical (unpaired) electrons. The van der Waals surface area contributed by atoms with Gasteiger partial charge in [0.1, 0.15) is 6.61 Å². The largest absolute Gasteiger partial charge is 0.411 e. The number of hydrogen-bond donors (Lipinski definition) is 1. The maximum Gasteiger partial charge on any atom is 0.125 e. The Morgan fingerprint density at radius 3 is 2.82 bits per heavy atom. The number of fused-ring (bicyclic) bond motifs is 1. The van der Waals surface area contributed by atoms with Gasteiger partial charge in [0, 0.05) is 12.1 Å². The van der Waals surface area contributed by atoms with E-state index in [9.17, 15) is 0 Å². The maximum absolute atomic E-state index is 8.12. The molecule has 1 saturated carbocycles. The molecule has 5 atom stereocenters. The molecule has 0 spiro atoms. The molecule has 126 valence electrons. The first-order valence-corrected chi connectivity index (χ1v) is 8.48. The predicted molar refractivity (Wildman–Crippen MR) is 92.5 cm³/mol. The van der Waals surface area contributed by atoms with Crippen LogP contribution in [0.25, 0.3) is 0 Å². The Morgan fingerprint density at radius 2 is 2.18 bits per heavy atom. The summed E-state index contributed by atoms with van der Waals surface area (Å²) in [5.74, 6) is 3.41. The van der Waals surface area contributed by atoms with E-state index >= 15 is 0 Å². The zero-order chi connectivity index (χ0) is 16.5. The molecule has 4 nitrogen and oxygen atoms in total. The van der Waals surface area contributed by atoms with Crippen molar-refractivity contribution in [2.45, 2.75) is 53.4 Å². The molecule has 0 saturated heterocycles. The molecule has 2 rings (SSSR count). The average Bonchev–Trinajstić information content (AvgIpc) is 3.00. The second-order valence-corrected chi connectivity index (χ2v) is 6.81. The van der Waals surface area contributed by atoms with Crippen molar-refractivity contribution in [1.29, 1.82) is 0 Å². The van der Waals surface area contributed by atoms with E-state index in [1.54, 1.807) is 0 Å². The zero-order valence-corrected chi connectivity index (χ0v) is 14.5. The summed E-state index contributed by atoms with van der Waals surface area (Å²) in [5, 5.41) is 15.1. The molecule has 2 aliphatic rings. The van der Waals surface area contributed by atoms with E-state index in [0.717, 1.165) is 37.7 Å². The van der Waals surface area contributed by atoms with Crippen molar-refractivity contribution in [3.8, 4) is 0 Å². The van der Waals surface area contributed by atoms with Crippen LogP contribution < -0.4 is 0 Å². The fourth-order valence-corrected chi connectivity index (χ4v) is 2.98. The molecule has 1 aliphatic carbocycles. The van der Waals surface area contributed by atoms with Gasteiger partial charge in [-0.2, -0.15) is 0 Å². The molecule has 4 heteroatoms. The standard InChI is InChI=1S/C9H15NO.C9H17NO/c1-6-3-4-9-8(7(6)2)5-11-10-9;1-4-8(2)9(3)6-5-7-10-11/h6-8H,3-5H2,1-2H3;4,7-9,11H,1,5-6H2,2-3H3/b;10-7+/t6-,7+,8?;8-,9-/m00/s1. The summed E-state index contributed by atoms with van der Waals surface area (Å²) in [6.07, 6.45) is 7.84. The summed E-state index contributed by atoms with van der Waals surface area (Å²) in [6.45, 7) is 13.5. The number of oxime groups is 2. The topological polar surface area (TPSA) is 54.2 Å². The predicted octanol–water partition coefficient (Wildman–Crippen LogP) is 4.74. The first-order valence-electron chi connectivity index (χ1n) is 8.48. The van der Waals surface area contributed by atoms with Crippen LogP contribution in [0.1, 0.15) is 53.4 Å². The number of allylic oxidation sites excluding steroid dienone is 1. The van der Waals surface area contributed by atoms with Gasteiger partial charge in [-0.15, -0.1) is 11.7 Å². The molecule has 0 aromatic carbocycles. The average molecular weight is 308 g/mol. The lowest BCUT2D eigenvalue weighted by Crippen LogP contribution is -2.31. The normalized spacial score (nSPS) is 29.6. The Morgan fingerprint density at radius 1 is 1.45 bits per heavy atom. The fraction of sp³-hybridized carbons (Fsp3) is 0.778. The molecule has 0 aromatic rings. The lowest BCUT2D eigenvalue weighted by Gasteiger charge is -2.30. The highest BCUT2D eigenvalue weighted by Crippen LogP contribution is 2.35. The van der Waals surface area contributed by atoms with E-state index in [4.69, 9.17) is 10.0 Å². The van der Waals surface area contributed by atoms with Gasteiger partial charge in [0.2, 0.25) is 0 Å². The minimum Gasteiger partial charge on any atom is -0.411 e. The van der Waals surface area contributed by atoms with Crippen LogP contribution >= 0.6 is 0 Å². The minimum absolute atomic E-state index is 0.544. The van der Waals surface area contributed by atoms with Gasteiger partial charge in [-0.1, -0.05) is 38.9 Å². The second kappa shape index (κ2) is 9.65. The van der Waals surface area contributed by atoms with Crippen LogP contribution in [0.15, 0.2) is 23.0 Å². The van der Waals surface area contributed by atoms with E-state index in [1.807, 2.05) is 6.08 Å². The molecule has 0 bridgehead atoms. The Labute approximate surface area is 135 Å². The SMILES string of the molecule is C=C[C@H](C)[C@@H](C)CC/C=N/O.C[C@H]1CCC2=NOCC2[C@@H]1C. The van der Waals surface area contributed by atoms with Crippen LogP contribution in [0.4, 0.5) is 0 Å². The van der Waals surface area contributed by atoms with Gasteiger partial charge in [-0.3, -0.25) is 0 Å². The van der Waals surface area contributed by atoms with Crippen LogP contribution in [0.5, 0.6) is 0 Å². The van der Waals surface area contributed by atoms with Crippen molar-refractivity contribution >= 4 is 11.9 Å². The van der Waals surface area contributed by atoms with Gasteiger partial charge in [0.15, 0.2) is 0 Å². The van der Waals surface area contributed by atoms with Gasteiger partial charge < -0.3 is 10.0 Å². The Bertz CT molecular complexity index is 393. The van der Waals surface area contributed by atoms with E-state index in [1.165, 1.54) is 18.3 Å². The van der Waals surface area contributed by atoms with Gasteiger partial charge in [-0.25, -0.2) is 0 Å². The highest BCUT2D eigenvalue weighted by molar-refractivity contribution is 5.88. The van der Waals surface area contributed by atoms with E-state index in [-0.39, 0.29) is 0 Å². The van der Waals surface area contributed by atoms with Gasteiger partial charge >= 0.3 is 0 Å². The molecule has 22 heavy (non-hydrogen) atoms. The summed E-state index contributed by atoms with van der Waals surface area (Å²) in [5.41, 5.74) is 1.32. The first kappa shape index (κ1) is 18.7. The smallest absolute Gasteiger partial charge is 0.125 e. The maximum atomic E-state index is 8.12. The molecule has 1 aliphatic heterocycles. The quantitative estimate of drug-likeness (QED) is 0.345.